The average Bonchev–Trinajstić information content (AvgIpc) is 3.35. The predicted octanol–water partition coefficient (Wildman–Crippen LogP) is 4.65. The van der Waals surface area contributed by atoms with E-state index < -0.39 is 0 Å². The van der Waals surface area contributed by atoms with E-state index in [1.807, 2.05) is 53.4 Å². The minimum Gasteiger partial charge on any atom is -0.379 e. The third kappa shape index (κ3) is 4.16. The van der Waals surface area contributed by atoms with Crippen LogP contribution in [0.4, 0.5) is 0 Å². The summed E-state index contributed by atoms with van der Waals surface area (Å²) in [5, 5.41) is 8.84. The summed E-state index contributed by atoms with van der Waals surface area (Å²) in [6.45, 7) is 5.03. The van der Waals surface area contributed by atoms with Crippen LogP contribution in [0.3, 0.4) is 0 Å². The van der Waals surface area contributed by atoms with Crippen molar-refractivity contribution in [3.63, 3.8) is 0 Å². The van der Waals surface area contributed by atoms with Crippen molar-refractivity contribution in [2.45, 2.75) is 12.5 Å². The zero-order valence-corrected chi connectivity index (χ0v) is 19.1. The molecule has 5 rings (SSSR count). The summed E-state index contributed by atoms with van der Waals surface area (Å²) in [5.41, 5.74) is 4.19. The number of aromatic nitrogens is 2. The van der Waals surface area contributed by atoms with Gasteiger partial charge in [-0.2, -0.15) is 5.10 Å². The molecule has 2 aliphatic heterocycles. The number of hydrogen-bond acceptors (Lipinski definition) is 4. The molecular weight excluding hydrogens is 447 g/mol. The van der Waals surface area contributed by atoms with Crippen molar-refractivity contribution in [1.29, 1.82) is 0 Å². The molecule has 1 fully saturated rings. The largest absolute Gasteiger partial charge is 0.379 e. The normalized spacial score (nSPS) is 18.9. The molecule has 0 bridgehead atoms. The molecule has 1 aromatic heterocycles. The minimum absolute atomic E-state index is 0.0189. The maximum absolute atomic E-state index is 13.4. The molecule has 2 aromatic carbocycles. The van der Waals surface area contributed by atoms with Crippen LogP contribution >= 0.6 is 23.2 Å². The van der Waals surface area contributed by atoms with Crippen molar-refractivity contribution in [1.82, 2.24) is 20.0 Å². The molecule has 1 N–H and O–H groups in total. The van der Waals surface area contributed by atoms with E-state index in [1.165, 1.54) is 0 Å². The maximum Gasteiger partial charge on any atom is 0.273 e. The SMILES string of the molecule is O=C1c2[nH]nc(-c3ccc(Cl)cc3)c2C(c2ccc(Cl)cc2)N1CCCN1CCOCC1. The lowest BCUT2D eigenvalue weighted by atomic mass is 9.96. The van der Waals surface area contributed by atoms with Crippen LogP contribution in [0.1, 0.15) is 34.1 Å². The summed E-state index contributed by atoms with van der Waals surface area (Å²) in [5.74, 6) is -0.0189. The van der Waals surface area contributed by atoms with Gasteiger partial charge in [-0.05, 0) is 36.2 Å². The summed E-state index contributed by atoms with van der Waals surface area (Å²) < 4.78 is 5.44. The fourth-order valence-corrected chi connectivity index (χ4v) is 4.79. The van der Waals surface area contributed by atoms with Gasteiger partial charge in [-0.3, -0.25) is 14.8 Å². The molecule has 2 aliphatic rings. The first kappa shape index (κ1) is 21.5. The molecule has 0 saturated carbocycles. The number of nitrogens with zero attached hydrogens (tertiary/aromatic N) is 3. The molecule has 0 spiro atoms. The Morgan fingerprint density at radius 3 is 2.31 bits per heavy atom. The smallest absolute Gasteiger partial charge is 0.273 e. The van der Waals surface area contributed by atoms with E-state index in [-0.39, 0.29) is 11.9 Å². The highest BCUT2D eigenvalue weighted by atomic mass is 35.5. The third-order valence-electron chi connectivity index (χ3n) is 6.14. The van der Waals surface area contributed by atoms with E-state index in [4.69, 9.17) is 27.9 Å². The summed E-state index contributed by atoms with van der Waals surface area (Å²) in [6.07, 6.45) is 0.893. The molecule has 1 saturated heterocycles. The Labute approximate surface area is 197 Å². The second-order valence-corrected chi connectivity index (χ2v) is 9.00. The monoisotopic (exact) mass is 470 g/mol. The van der Waals surface area contributed by atoms with E-state index in [2.05, 4.69) is 15.1 Å². The molecule has 0 radical (unpaired) electrons. The predicted molar refractivity (Wildman–Crippen MR) is 125 cm³/mol. The van der Waals surface area contributed by atoms with E-state index in [0.29, 0.717) is 22.3 Å². The number of ether oxygens (including phenoxy) is 1. The van der Waals surface area contributed by atoms with Gasteiger partial charge >= 0.3 is 0 Å². The van der Waals surface area contributed by atoms with Gasteiger partial charge in [-0.15, -0.1) is 0 Å². The number of carbonyl (C=O) groups excluding carboxylic acids is 1. The average molecular weight is 471 g/mol. The van der Waals surface area contributed by atoms with Crippen LogP contribution in [0.15, 0.2) is 48.5 Å². The Bertz CT molecular complexity index is 1090. The van der Waals surface area contributed by atoms with Gasteiger partial charge in [-0.1, -0.05) is 47.5 Å². The van der Waals surface area contributed by atoms with Gasteiger partial charge in [0.25, 0.3) is 5.91 Å². The van der Waals surface area contributed by atoms with Crippen molar-refractivity contribution in [3.05, 3.63) is 75.4 Å². The summed E-state index contributed by atoms with van der Waals surface area (Å²) >= 11 is 12.2. The first-order valence-corrected chi connectivity index (χ1v) is 11.6. The number of morpholine rings is 1. The van der Waals surface area contributed by atoms with Crippen LogP contribution < -0.4 is 0 Å². The summed E-state index contributed by atoms with van der Waals surface area (Å²) in [4.78, 5) is 17.7. The zero-order chi connectivity index (χ0) is 22.1. The Kier molecular flexibility index (Phi) is 6.20. The van der Waals surface area contributed by atoms with E-state index in [1.54, 1.807) is 0 Å². The van der Waals surface area contributed by atoms with Gasteiger partial charge in [0.1, 0.15) is 5.69 Å². The highest BCUT2D eigenvalue weighted by Gasteiger charge is 2.41. The van der Waals surface area contributed by atoms with Crippen molar-refractivity contribution >= 4 is 29.1 Å². The van der Waals surface area contributed by atoms with Gasteiger partial charge in [0.2, 0.25) is 0 Å². The molecule has 32 heavy (non-hydrogen) atoms. The third-order valence-corrected chi connectivity index (χ3v) is 6.65. The number of aromatic amines is 1. The molecule has 3 heterocycles. The van der Waals surface area contributed by atoms with Crippen molar-refractivity contribution in [2.24, 2.45) is 0 Å². The number of amides is 1. The zero-order valence-electron chi connectivity index (χ0n) is 17.6. The van der Waals surface area contributed by atoms with E-state index in [9.17, 15) is 4.79 Å². The van der Waals surface area contributed by atoms with Crippen molar-refractivity contribution in [2.75, 3.05) is 39.4 Å². The number of carbonyl (C=O) groups is 1. The molecule has 1 unspecified atom stereocenters. The van der Waals surface area contributed by atoms with Crippen LogP contribution in [-0.4, -0.2) is 65.3 Å². The molecule has 1 amide bonds. The van der Waals surface area contributed by atoms with E-state index >= 15 is 0 Å². The number of rotatable bonds is 6. The minimum atomic E-state index is -0.219. The number of H-pyrrole nitrogens is 1. The quantitative estimate of drug-likeness (QED) is 0.569. The molecule has 0 aliphatic carbocycles. The molecular formula is C24H24Cl2N4O2. The lowest BCUT2D eigenvalue weighted by molar-refractivity contribution is 0.0354. The topological polar surface area (TPSA) is 61.5 Å². The van der Waals surface area contributed by atoms with Crippen LogP contribution in [0.2, 0.25) is 10.0 Å². The Hall–Kier alpha value is -2.38. The second kappa shape index (κ2) is 9.24. The fraction of sp³-hybridized carbons (Fsp3) is 0.333. The highest BCUT2D eigenvalue weighted by molar-refractivity contribution is 6.30. The number of nitrogens with one attached hydrogen (secondary N) is 1. The first-order valence-electron chi connectivity index (χ1n) is 10.8. The maximum atomic E-state index is 13.4. The second-order valence-electron chi connectivity index (χ2n) is 8.13. The van der Waals surface area contributed by atoms with Gasteiger partial charge < -0.3 is 9.64 Å². The fourth-order valence-electron chi connectivity index (χ4n) is 4.54. The Balaban J connectivity index is 1.46. The van der Waals surface area contributed by atoms with Gasteiger partial charge in [0.05, 0.1) is 24.9 Å². The van der Waals surface area contributed by atoms with Crippen LogP contribution in [0, 0.1) is 0 Å². The number of hydrogen-bond donors (Lipinski definition) is 1. The number of benzene rings is 2. The number of fused-ring (bicyclic) bond motifs is 1. The molecule has 1 atom stereocenters. The Morgan fingerprint density at radius 1 is 0.969 bits per heavy atom. The van der Waals surface area contributed by atoms with Crippen LogP contribution in [0.25, 0.3) is 11.3 Å². The van der Waals surface area contributed by atoms with Gasteiger partial charge in [-0.25, -0.2) is 0 Å². The molecule has 166 valence electrons. The first-order chi connectivity index (χ1) is 15.6. The molecule has 3 aromatic rings. The van der Waals surface area contributed by atoms with Gasteiger partial charge in [0, 0.05) is 47.4 Å². The number of halogens is 2. The summed E-state index contributed by atoms with van der Waals surface area (Å²) in [7, 11) is 0. The van der Waals surface area contributed by atoms with Crippen molar-refractivity contribution < 1.29 is 9.53 Å². The lowest BCUT2D eigenvalue weighted by Gasteiger charge is -2.29. The van der Waals surface area contributed by atoms with E-state index in [0.717, 1.165) is 61.7 Å². The standard InChI is InChI=1S/C24H24Cl2N4O2/c25-18-6-2-16(3-7-18)21-20-22(28-27-21)24(31)30(11-1-10-29-12-14-32-15-13-29)23(20)17-4-8-19(26)9-5-17/h2-9,23H,1,10-15H2,(H,27,28). The Morgan fingerprint density at radius 2 is 1.62 bits per heavy atom. The molecule has 8 heteroatoms. The van der Waals surface area contributed by atoms with Crippen LogP contribution in [0.5, 0.6) is 0 Å². The lowest BCUT2D eigenvalue weighted by Crippen LogP contribution is -2.38. The summed E-state index contributed by atoms with van der Waals surface area (Å²) in [6, 6.07) is 15.0. The van der Waals surface area contributed by atoms with Crippen molar-refractivity contribution in [3.8, 4) is 11.3 Å². The molecule has 6 nitrogen and oxygen atoms in total. The van der Waals surface area contributed by atoms with Crippen LogP contribution in [-0.2, 0) is 4.74 Å². The van der Waals surface area contributed by atoms with Gasteiger partial charge in [0.15, 0.2) is 0 Å². The highest BCUT2D eigenvalue weighted by Crippen LogP contribution is 2.43.